The summed E-state index contributed by atoms with van der Waals surface area (Å²) in [5.41, 5.74) is 2.73. The number of phenols is 1. The number of piperidine rings is 1. The summed E-state index contributed by atoms with van der Waals surface area (Å²) in [7, 11) is 1.77. The number of methoxy groups -OCH3 is 1. The second kappa shape index (κ2) is 6.99. The summed E-state index contributed by atoms with van der Waals surface area (Å²) in [6, 6.07) is 12.6. The summed E-state index contributed by atoms with van der Waals surface area (Å²) in [5.74, 6) is 1.69. The van der Waals surface area contributed by atoms with Gasteiger partial charge in [0.2, 0.25) is 0 Å². The number of rotatable bonds is 5. The first kappa shape index (κ1) is 22.6. The highest BCUT2D eigenvalue weighted by molar-refractivity contribution is 5.65. The van der Waals surface area contributed by atoms with Crippen LogP contribution in [0.25, 0.3) is 0 Å². The number of ether oxygens (including phenoxy) is 2. The van der Waals surface area contributed by atoms with Crippen molar-refractivity contribution in [2.24, 2.45) is 16.7 Å². The average molecular weight is 500 g/mol. The average Bonchev–Trinajstić information content (AvgIpc) is 3.64. The maximum atomic E-state index is 12.2. The Balaban J connectivity index is 1.37. The monoisotopic (exact) mass is 499 g/mol. The van der Waals surface area contributed by atoms with Gasteiger partial charge in [0, 0.05) is 36.1 Å². The van der Waals surface area contributed by atoms with E-state index in [2.05, 4.69) is 61.2 Å². The van der Waals surface area contributed by atoms with Crippen LogP contribution in [-0.2, 0) is 16.6 Å². The molecule has 3 fully saturated rings. The van der Waals surface area contributed by atoms with Crippen LogP contribution in [0.15, 0.2) is 48.6 Å². The molecule has 2 saturated carbocycles. The molecule has 5 nitrogen and oxygen atoms in total. The van der Waals surface area contributed by atoms with E-state index >= 15 is 0 Å². The zero-order chi connectivity index (χ0) is 25.4. The third-order valence-corrected chi connectivity index (χ3v) is 11.5. The lowest BCUT2D eigenvalue weighted by molar-refractivity contribution is -0.270. The third-order valence-electron chi connectivity index (χ3n) is 11.5. The largest absolute Gasteiger partial charge is 0.504 e. The standard InChI is InChI=1S/C32H37NO4/c1-19-4-8-21(9-5-19)27(35)29(2)18-30-12-13-32(29,36-3)28-31(30)14-15-33(17-20-6-7-20)24(30)16-22-10-11-23(34)26(37-28)25(22)31/h4-5,8-13,20,24,27-28,34-35H,6-7,14-18H2,1-3H3/t24?,27-,28+,29?,30?,31+,32+/m1/s1. The third kappa shape index (κ3) is 2.44. The van der Waals surface area contributed by atoms with Crippen LogP contribution >= 0.6 is 0 Å². The predicted molar refractivity (Wildman–Crippen MR) is 141 cm³/mol. The number of nitrogens with zero attached hydrogens (tertiary/aromatic N) is 1. The first-order valence-electron chi connectivity index (χ1n) is 14.1. The molecule has 37 heavy (non-hydrogen) atoms. The van der Waals surface area contributed by atoms with E-state index in [0.717, 1.165) is 43.8 Å². The molecule has 2 aromatic carbocycles. The van der Waals surface area contributed by atoms with Crippen LogP contribution in [0.4, 0.5) is 0 Å². The Labute approximate surface area is 219 Å². The Hall–Kier alpha value is -2.34. The molecule has 5 aliphatic carbocycles. The van der Waals surface area contributed by atoms with Gasteiger partial charge in [0.15, 0.2) is 11.5 Å². The van der Waals surface area contributed by atoms with Gasteiger partial charge >= 0.3 is 0 Å². The zero-order valence-corrected chi connectivity index (χ0v) is 22.0. The maximum absolute atomic E-state index is 12.2. The molecule has 3 unspecified atom stereocenters. The summed E-state index contributed by atoms with van der Waals surface area (Å²) in [6.07, 6.45) is 9.13. The van der Waals surface area contributed by atoms with Crippen molar-refractivity contribution < 1.29 is 19.7 Å². The van der Waals surface area contributed by atoms with Gasteiger partial charge in [-0.15, -0.1) is 0 Å². The fourth-order valence-electron chi connectivity index (χ4n) is 9.65. The highest BCUT2D eigenvalue weighted by Gasteiger charge is 2.82. The van der Waals surface area contributed by atoms with Crippen LogP contribution in [0.5, 0.6) is 11.5 Å². The number of fused-ring (bicyclic) bond motifs is 1. The van der Waals surface area contributed by atoms with Crippen molar-refractivity contribution in [3.05, 3.63) is 70.8 Å². The van der Waals surface area contributed by atoms with Gasteiger partial charge in [-0.3, -0.25) is 4.90 Å². The smallest absolute Gasteiger partial charge is 0.165 e. The number of aliphatic hydroxyl groups is 1. The minimum atomic E-state index is -0.831. The lowest BCUT2D eigenvalue weighted by atomic mass is 9.33. The fraction of sp³-hybridized carbons (Fsp3) is 0.562. The molecule has 4 bridgehead atoms. The Bertz CT molecular complexity index is 1330. The Morgan fingerprint density at radius 2 is 1.92 bits per heavy atom. The number of hydrogen-bond acceptors (Lipinski definition) is 5. The quantitative estimate of drug-likeness (QED) is 0.578. The van der Waals surface area contributed by atoms with Crippen LogP contribution in [0.3, 0.4) is 0 Å². The van der Waals surface area contributed by atoms with E-state index in [1.807, 2.05) is 6.07 Å². The molecule has 2 N–H and O–H groups in total. The van der Waals surface area contributed by atoms with E-state index in [4.69, 9.17) is 9.47 Å². The maximum Gasteiger partial charge on any atom is 0.165 e. The molecule has 2 heterocycles. The minimum absolute atomic E-state index is 0.197. The van der Waals surface area contributed by atoms with Crippen LogP contribution < -0.4 is 4.74 Å². The number of phenolic OH excluding ortho intramolecular Hbond substituents is 1. The molecule has 194 valence electrons. The molecule has 9 rings (SSSR count). The van der Waals surface area contributed by atoms with Gasteiger partial charge in [0.1, 0.15) is 11.7 Å². The minimum Gasteiger partial charge on any atom is -0.504 e. The zero-order valence-electron chi connectivity index (χ0n) is 22.0. The fourth-order valence-corrected chi connectivity index (χ4v) is 9.65. The number of likely N-dealkylation sites (tertiary alicyclic amines) is 1. The van der Waals surface area contributed by atoms with Gasteiger partial charge in [-0.2, -0.15) is 0 Å². The lowest BCUT2D eigenvalue weighted by Gasteiger charge is -2.74. The Morgan fingerprint density at radius 3 is 2.65 bits per heavy atom. The molecule has 5 heteroatoms. The lowest BCUT2D eigenvalue weighted by Crippen LogP contribution is -2.81. The van der Waals surface area contributed by atoms with Crippen LogP contribution in [-0.4, -0.2) is 53.1 Å². The van der Waals surface area contributed by atoms with E-state index in [1.54, 1.807) is 7.11 Å². The SMILES string of the molecule is CO[C@]12C=CC3(CC1(C)[C@H](O)c1ccc(C)cc1)C1Cc4ccc(O)c5c4[C@@]3(CCN1CC1CC1)[C@@H]2O5. The predicted octanol–water partition coefficient (Wildman–Crippen LogP) is 4.82. The number of benzene rings is 2. The van der Waals surface area contributed by atoms with E-state index in [9.17, 15) is 10.2 Å². The van der Waals surface area contributed by atoms with Crippen LogP contribution in [0, 0.1) is 23.7 Å². The number of aryl methyl sites for hydroxylation is 1. The van der Waals surface area contributed by atoms with Crippen molar-refractivity contribution in [1.29, 1.82) is 0 Å². The molecule has 0 aromatic heterocycles. The van der Waals surface area contributed by atoms with Gasteiger partial charge in [0.05, 0.1) is 11.5 Å². The highest BCUT2D eigenvalue weighted by Crippen LogP contribution is 2.78. The van der Waals surface area contributed by atoms with Crippen molar-refractivity contribution in [2.75, 3.05) is 20.2 Å². The first-order chi connectivity index (χ1) is 17.8. The van der Waals surface area contributed by atoms with Gasteiger partial charge in [-0.05, 0) is 68.7 Å². The van der Waals surface area contributed by atoms with Crippen molar-refractivity contribution in [2.45, 2.75) is 75.2 Å². The Kier molecular flexibility index (Phi) is 4.28. The molecule has 2 aliphatic heterocycles. The van der Waals surface area contributed by atoms with Crippen molar-refractivity contribution >= 4 is 0 Å². The molecule has 7 atom stereocenters. The second-order valence-electron chi connectivity index (χ2n) is 13.1. The molecule has 7 aliphatic rings. The van der Waals surface area contributed by atoms with E-state index in [-0.39, 0.29) is 22.7 Å². The van der Waals surface area contributed by atoms with Gasteiger partial charge < -0.3 is 19.7 Å². The summed E-state index contributed by atoms with van der Waals surface area (Å²) >= 11 is 0. The van der Waals surface area contributed by atoms with E-state index < -0.39 is 17.1 Å². The number of aromatic hydroxyl groups is 1. The van der Waals surface area contributed by atoms with E-state index in [0.29, 0.717) is 11.8 Å². The number of aliphatic hydroxyl groups excluding tert-OH is 1. The van der Waals surface area contributed by atoms with Gasteiger partial charge in [-0.1, -0.05) is 55.0 Å². The van der Waals surface area contributed by atoms with Gasteiger partial charge in [-0.25, -0.2) is 0 Å². The highest BCUT2D eigenvalue weighted by atomic mass is 16.6. The van der Waals surface area contributed by atoms with Crippen molar-refractivity contribution in [3.63, 3.8) is 0 Å². The summed E-state index contributed by atoms with van der Waals surface area (Å²) in [5, 5.41) is 23.2. The van der Waals surface area contributed by atoms with Crippen LogP contribution in [0.1, 0.15) is 61.0 Å². The summed E-state index contributed by atoms with van der Waals surface area (Å²) in [4.78, 5) is 2.77. The molecular formula is C32H37NO4. The molecule has 1 saturated heterocycles. The topological polar surface area (TPSA) is 62.2 Å². The molecule has 2 aromatic rings. The summed E-state index contributed by atoms with van der Waals surface area (Å²) in [6.45, 7) is 6.49. The summed E-state index contributed by atoms with van der Waals surface area (Å²) < 4.78 is 13.5. The van der Waals surface area contributed by atoms with Crippen LogP contribution in [0.2, 0.25) is 0 Å². The number of hydrogen-bond donors (Lipinski definition) is 2. The molecule has 2 spiro atoms. The molecule has 0 radical (unpaired) electrons. The Morgan fingerprint density at radius 1 is 1.14 bits per heavy atom. The normalized spacial score (nSPS) is 41.4. The molecule has 0 amide bonds. The second-order valence-corrected chi connectivity index (χ2v) is 13.1. The van der Waals surface area contributed by atoms with Gasteiger partial charge in [0.25, 0.3) is 0 Å². The first-order valence-corrected chi connectivity index (χ1v) is 14.1. The van der Waals surface area contributed by atoms with E-state index in [1.165, 1.54) is 29.5 Å². The van der Waals surface area contributed by atoms with Crippen molar-refractivity contribution in [1.82, 2.24) is 4.90 Å². The van der Waals surface area contributed by atoms with Crippen molar-refractivity contribution in [3.8, 4) is 11.5 Å². The molecular weight excluding hydrogens is 462 g/mol.